The summed E-state index contributed by atoms with van der Waals surface area (Å²) >= 11 is 0. The summed E-state index contributed by atoms with van der Waals surface area (Å²) in [7, 11) is 0. The van der Waals surface area contributed by atoms with E-state index in [4.69, 9.17) is 5.11 Å². The van der Waals surface area contributed by atoms with E-state index >= 15 is 0 Å². The number of fused-ring (bicyclic) bond motifs is 1. The molecule has 2 aliphatic rings. The molecule has 20 heavy (non-hydrogen) atoms. The topological polar surface area (TPSA) is 52.6 Å². The average molecular weight is 274 g/mol. The van der Waals surface area contributed by atoms with E-state index in [9.17, 15) is 4.79 Å². The third-order valence-electron chi connectivity index (χ3n) is 4.40. The van der Waals surface area contributed by atoms with Crippen LogP contribution in [0.15, 0.2) is 18.2 Å². The lowest BCUT2D eigenvalue weighted by molar-refractivity contribution is 0.0562. The molecular formula is C16H22N2O2. The summed E-state index contributed by atoms with van der Waals surface area (Å²) in [6, 6.07) is 6.34. The fourth-order valence-corrected chi connectivity index (χ4v) is 2.99. The number of anilines is 1. The highest BCUT2D eigenvalue weighted by Gasteiger charge is 2.29. The van der Waals surface area contributed by atoms with Gasteiger partial charge in [0, 0.05) is 37.0 Å². The highest BCUT2D eigenvalue weighted by Crippen LogP contribution is 2.28. The Bertz CT molecular complexity index is 497. The van der Waals surface area contributed by atoms with Crippen molar-refractivity contribution in [3.63, 3.8) is 0 Å². The van der Waals surface area contributed by atoms with Gasteiger partial charge in [-0.25, -0.2) is 0 Å². The summed E-state index contributed by atoms with van der Waals surface area (Å²) in [6.45, 7) is 1.77. The zero-order valence-corrected chi connectivity index (χ0v) is 11.8. The number of nitrogens with one attached hydrogen (secondary N) is 1. The van der Waals surface area contributed by atoms with Gasteiger partial charge in [0.15, 0.2) is 0 Å². The van der Waals surface area contributed by atoms with E-state index in [1.54, 1.807) is 0 Å². The van der Waals surface area contributed by atoms with Gasteiger partial charge in [-0.05, 0) is 55.9 Å². The summed E-state index contributed by atoms with van der Waals surface area (Å²) < 4.78 is 0. The number of rotatable bonds is 5. The second-order valence-electron chi connectivity index (χ2n) is 5.71. The average Bonchev–Trinajstić information content (AvgIpc) is 2.87. The van der Waals surface area contributed by atoms with Crippen molar-refractivity contribution >= 4 is 11.6 Å². The first-order valence-electron chi connectivity index (χ1n) is 7.58. The molecule has 0 aromatic heterocycles. The number of aliphatic hydroxyl groups excluding tert-OH is 1. The molecular weight excluding hydrogens is 252 g/mol. The third-order valence-corrected chi connectivity index (χ3v) is 4.40. The van der Waals surface area contributed by atoms with E-state index in [0.29, 0.717) is 19.0 Å². The first kappa shape index (κ1) is 13.4. The predicted molar refractivity (Wildman–Crippen MR) is 79.0 cm³/mol. The van der Waals surface area contributed by atoms with Crippen molar-refractivity contribution in [1.82, 2.24) is 4.90 Å². The molecule has 2 N–H and O–H groups in total. The molecule has 4 heteroatoms. The van der Waals surface area contributed by atoms with E-state index in [0.717, 1.165) is 37.1 Å². The fraction of sp³-hybridized carbons (Fsp3) is 0.562. The molecule has 4 nitrogen and oxygen atoms in total. The van der Waals surface area contributed by atoms with Crippen molar-refractivity contribution in [1.29, 1.82) is 0 Å². The molecule has 0 unspecified atom stereocenters. The molecule has 1 aromatic rings. The van der Waals surface area contributed by atoms with Crippen LogP contribution < -0.4 is 5.32 Å². The van der Waals surface area contributed by atoms with Crippen LogP contribution >= 0.6 is 0 Å². The Morgan fingerprint density at radius 3 is 2.95 bits per heavy atom. The Kier molecular flexibility index (Phi) is 3.92. The Morgan fingerprint density at radius 2 is 2.25 bits per heavy atom. The Balaban J connectivity index is 1.77. The second-order valence-corrected chi connectivity index (χ2v) is 5.71. The molecule has 108 valence electrons. The quantitative estimate of drug-likeness (QED) is 0.864. The van der Waals surface area contributed by atoms with E-state index in [-0.39, 0.29) is 12.5 Å². The molecule has 1 heterocycles. The molecule has 0 atom stereocenters. The number of hydrogen-bond acceptors (Lipinski definition) is 3. The van der Waals surface area contributed by atoms with Crippen LogP contribution in [0.5, 0.6) is 0 Å². The predicted octanol–water partition coefficient (Wildman–Crippen LogP) is 2.03. The van der Waals surface area contributed by atoms with Crippen LogP contribution in [0, 0.1) is 0 Å². The van der Waals surface area contributed by atoms with Gasteiger partial charge in [0.25, 0.3) is 5.91 Å². The van der Waals surface area contributed by atoms with Gasteiger partial charge in [-0.2, -0.15) is 0 Å². The van der Waals surface area contributed by atoms with Gasteiger partial charge in [0.2, 0.25) is 0 Å². The van der Waals surface area contributed by atoms with Crippen molar-refractivity contribution in [2.75, 3.05) is 25.0 Å². The summed E-state index contributed by atoms with van der Waals surface area (Å²) in [5.74, 6) is 0.123. The number of nitrogens with zero attached hydrogens (tertiary/aromatic N) is 1. The van der Waals surface area contributed by atoms with Gasteiger partial charge < -0.3 is 15.3 Å². The third kappa shape index (κ3) is 2.52. The van der Waals surface area contributed by atoms with Crippen molar-refractivity contribution < 1.29 is 9.90 Å². The molecule has 1 saturated carbocycles. The number of carbonyl (C=O) groups is 1. The van der Waals surface area contributed by atoms with E-state index in [2.05, 4.69) is 5.32 Å². The molecule has 0 bridgehead atoms. The molecule has 1 fully saturated rings. The van der Waals surface area contributed by atoms with Gasteiger partial charge in [0.1, 0.15) is 0 Å². The van der Waals surface area contributed by atoms with E-state index < -0.39 is 0 Å². The van der Waals surface area contributed by atoms with Crippen molar-refractivity contribution in [3.8, 4) is 0 Å². The minimum atomic E-state index is 0.123. The van der Waals surface area contributed by atoms with E-state index in [1.165, 1.54) is 12.0 Å². The van der Waals surface area contributed by atoms with Crippen LogP contribution in [0.2, 0.25) is 0 Å². The normalized spacial score (nSPS) is 17.2. The Labute approximate surface area is 119 Å². The molecule has 3 rings (SSSR count). The molecule has 0 spiro atoms. The number of amides is 1. The maximum absolute atomic E-state index is 12.7. The Hall–Kier alpha value is -1.55. The number of hydrogen-bond donors (Lipinski definition) is 2. The van der Waals surface area contributed by atoms with Crippen LogP contribution in [0.1, 0.15) is 41.6 Å². The van der Waals surface area contributed by atoms with Crippen molar-refractivity contribution in [3.05, 3.63) is 29.3 Å². The largest absolute Gasteiger partial charge is 0.396 e. The lowest BCUT2D eigenvalue weighted by Gasteiger charge is -2.37. The van der Waals surface area contributed by atoms with Crippen LogP contribution in [-0.2, 0) is 6.42 Å². The lowest BCUT2D eigenvalue weighted by Crippen LogP contribution is -2.45. The minimum absolute atomic E-state index is 0.123. The minimum Gasteiger partial charge on any atom is -0.396 e. The molecule has 1 aliphatic carbocycles. The van der Waals surface area contributed by atoms with Crippen LogP contribution in [0.3, 0.4) is 0 Å². The summed E-state index contributed by atoms with van der Waals surface area (Å²) in [5, 5.41) is 12.3. The Morgan fingerprint density at radius 1 is 1.40 bits per heavy atom. The maximum atomic E-state index is 12.7. The number of benzene rings is 1. The smallest absolute Gasteiger partial charge is 0.254 e. The zero-order chi connectivity index (χ0) is 13.9. The second kappa shape index (κ2) is 5.83. The number of carbonyl (C=O) groups excluding carboxylic acids is 1. The van der Waals surface area contributed by atoms with Crippen LogP contribution in [0.25, 0.3) is 0 Å². The maximum Gasteiger partial charge on any atom is 0.254 e. The SMILES string of the molecule is O=C(c1ccc2c(c1)CCN2)N(CCCO)C1CCC1. The molecule has 0 radical (unpaired) electrons. The summed E-state index contributed by atoms with van der Waals surface area (Å²) in [5.41, 5.74) is 3.19. The lowest BCUT2D eigenvalue weighted by atomic mass is 9.90. The van der Waals surface area contributed by atoms with Crippen molar-refractivity contribution in [2.45, 2.75) is 38.1 Å². The molecule has 1 amide bonds. The standard InChI is InChI=1S/C16H22N2O2/c19-10-2-9-18(14-3-1-4-14)16(20)13-5-6-15-12(11-13)7-8-17-15/h5-6,11,14,17,19H,1-4,7-10H2. The summed E-state index contributed by atoms with van der Waals surface area (Å²) in [4.78, 5) is 14.7. The van der Waals surface area contributed by atoms with Gasteiger partial charge in [-0.3, -0.25) is 4.79 Å². The van der Waals surface area contributed by atoms with Gasteiger partial charge in [0.05, 0.1) is 0 Å². The van der Waals surface area contributed by atoms with Crippen LogP contribution in [0.4, 0.5) is 5.69 Å². The molecule has 1 aromatic carbocycles. The highest BCUT2D eigenvalue weighted by atomic mass is 16.3. The van der Waals surface area contributed by atoms with Gasteiger partial charge >= 0.3 is 0 Å². The zero-order valence-electron chi connectivity index (χ0n) is 11.8. The highest BCUT2D eigenvalue weighted by molar-refractivity contribution is 5.95. The molecule has 1 aliphatic heterocycles. The first-order chi connectivity index (χ1) is 9.79. The van der Waals surface area contributed by atoms with Crippen LogP contribution in [-0.4, -0.2) is 41.7 Å². The first-order valence-corrected chi connectivity index (χ1v) is 7.58. The number of aliphatic hydroxyl groups is 1. The fourth-order valence-electron chi connectivity index (χ4n) is 2.99. The van der Waals surface area contributed by atoms with Gasteiger partial charge in [-0.1, -0.05) is 0 Å². The summed E-state index contributed by atoms with van der Waals surface area (Å²) in [6.07, 6.45) is 5.07. The van der Waals surface area contributed by atoms with E-state index in [1.807, 2.05) is 23.1 Å². The van der Waals surface area contributed by atoms with Crippen molar-refractivity contribution in [2.24, 2.45) is 0 Å². The van der Waals surface area contributed by atoms with Gasteiger partial charge in [-0.15, -0.1) is 0 Å². The molecule has 0 saturated heterocycles. The monoisotopic (exact) mass is 274 g/mol.